The second-order valence-electron chi connectivity index (χ2n) is 9.15. The van der Waals surface area contributed by atoms with Crippen molar-refractivity contribution >= 4 is 0 Å². The lowest BCUT2D eigenvalue weighted by Crippen LogP contribution is -2.15. The summed E-state index contributed by atoms with van der Waals surface area (Å²) in [5, 5.41) is 0. The lowest BCUT2D eigenvalue weighted by molar-refractivity contribution is 0.119. The molecule has 2 aromatic carbocycles. The zero-order valence-electron chi connectivity index (χ0n) is 19.4. The van der Waals surface area contributed by atoms with E-state index >= 15 is 0 Å². The van der Waals surface area contributed by atoms with Gasteiger partial charge in [0.1, 0.15) is 0 Å². The van der Waals surface area contributed by atoms with Crippen LogP contribution in [0.15, 0.2) is 60.7 Å². The highest BCUT2D eigenvalue weighted by molar-refractivity contribution is 5.64. The van der Waals surface area contributed by atoms with Gasteiger partial charge in [0.25, 0.3) is 0 Å². The van der Waals surface area contributed by atoms with E-state index in [9.17, 15) is 4.39 Å². The first kappa shape index (κ1) is 23.7. The number of methoxy groups -OCH3 is 1. The van der Waals surface area contributed by atoms with Crippen molar-refractivity contribution in [3.8, 4) is 11.1 Å². The number of aryl methyl sites for hydroxylation is 1. The maximum atomic E-state index is 12.1. The van der Waals surface area contributed by atoms with E-state index in [1.54, 1.807) is 7.11 Å². The maximum Gasteiger partial charge on any atom is 0.0928 e. The molecule has 2 heteroatoms. The molecule has 168 valence electrons. The van der Waals surface area contributed by atoms with Gasteiger partial charge in [0.05, 0.1) is 12.8 Å². The van der Waals surface area contributed by atoms with E-state index in [0.29, 0.717) is 6.42 Å². The SMILES string of the molecule is COC(C)c1ccc(-c2ccc(CC[C@H]3CC[C@H](CC/C=C/CCF)CC3)cc2)cc1. The Labute approximate surface area is 188 Å². The molecule has 0 aliphatic heterocycles. The van der Waals surface area contributed by atoms with Crippen LogP contribution in [0.4, 0.5) is 4.39 Å². The fourth-order valence-corrected chi connectivity index (χ4v) is 4.76. The predicted molar refractivity (Wildman–Crippen MR) is 130 cm³/mol. The molecule has 0 saturated heterocycles. The van der Waals surface area contributed by atoms with E-state index in [2.05, 4.69) is 61.5 Å². The van der Waals surface area contributed by atoms with Gasteiger partial charge in [0.15, 0.2) is 0 Å². The summed E-state index contributed by atoms with van der Waals surface area (Å²) in [7, 11) is 1.75. The number of hydrogen-bond acceptors (Lipinski definition) is 1. The molecule has 1 atom stereocenters. The molecule has 0 aromatic heterocycles. The van der Waals surface area contributed by atoms with Gasteiger partial charge in [0, 0.05) is 7.11 Å². The van der Waals surface area contributed by atoms with Gasteiger partial charge in [-0.3, -0.25) is 4.39 Å². The lowest BCUT2D eigenvalue weighted by Gasteiger charge is -2.28. The Hall–Kier alpha value is -1.93. The summed E-state index contributed by atoms with van der Waals surface area (Å²) < 4.78 is 17.5. The van der Waals surface area contributed by atoms with Crippen molar-refractivity contribution in [2.75, 3.05) is 13.8 Å². The van der Waals surface area contributed by atoms with Crippen LogP contribution in [0.5, 0.6) is 0 Å². The highest BCUT2D eigenvalue weighted by atomic mass is 19.1. The molecule has 1 saturated carbocycles. The molecule has 0 heterocycles. The van der Waals surface area contributed by atoms with Crippen molar-refractivity contribution < 1.29 is 9.13 Å². The summed E-state index contributed by atoms with van der Waals surface area (Å²) in [6, 6.07) is 17.8. The topological polar surface area (TPSA) is 9.23 Å². The Balaban J connectivity index is 1.40. The summed E-state index contributed by atoms with van der Waals surface area (Å²) in [6.45, 7) is 1.84. The summed E-state index contributed by atoms with van der Waals surface area (Å²) in [5.74, 6) is 1.76. The average Bonchev–Trinajstić information content (AvgIpc) is 2.83. The molecule has 1 fully saturated rings. The second-order valence-corrected chi connectivity index (χ2v) is 9.15. The number of halogens is 1. The van der Waals surface area contributed by atoms with Crippen LogP contribution >= 0.6 is 0 Å². The molecule has 1 aliphatic rings. The lowest BCUT2D eigenvalue weighted by atomic mass is 9.78. The number of allylic oxidation sites excluding steroid dienone is 2. The van der Waals surface area contributed by atoms with Gasteiger partial charge < -0.3 is 4.74 Å². The third-order valence-corrected chi connectivity index (χ3v) is 7.01. The predicted octanol–water partition coefficient (Wildman–Crippen LogP) is 8.50. The Bertz CT molecular complexity index is 769. The van der Waals surface area contributed by atoms with Gasteiger partial charge in [-0.25, -0.2) is 0 Å². The van der Waals surface area contributed by atoms with E-state index in [1.165, 1.54) is 67.2 Å². The van der Waals surface area contributed by atoms with Crippen molar-refractivity contribution in [3.63, 3.8) is 0 Å². The van der Waals surface area contributed by atoms with Gasteiger partial charge in [0.2, 0.25) is 0 Å². The van der Waals surface area contributed by atoms with Crippen LogP contribution in [0.3, 0.4) is 0 Å². The van der Waals surface area contributed by atoms with E-state index in [4.69, 9.17) is 4.74 Å². The number of alkyl halides is 1. The van der Waals surface area contributed by atoms with E-state index in [-0.39, 0.29) is 12.8 Å². The normalized spacial score (nSPS) is 20.2. The third-order valence-electron chi connectivity index (χ3n) is 7.01. The van der Waals surface area contributed by atoms with Gasteiger partial charge in [-0.2, -0.15) is 0 Å². The van der Waals surface area contributed by atoms with Crippen LogP contribution in [-0.2, 0) is 11.2 Å². The van der Waals surface area contributed by atoms with E-state index < -0.39 is 0 Å². The Morgan fingerprint density at radius 3 is 1.97 bits per heavy atom. The first-order chi connectivity index (χ1) is 15.2. The van der Waals surface area contributed by atoms with Crippen LogP contribution < -0.4 is 0 Å². The average molecular weight is 423 g/mol. The first-order valence-electron chi connectivity index (χ1n) is 12.1. The third kappa shape index (κ3) is 7.61. The number of ether oxygens (including phenoxy) is 1. The van der Waals surface area contributed by atoms with Crippen molar-refractivity contribution in [1.82, 2.24) is 0 Å². The summed E-state index contributed by atoms with van der Waals surface area (Å²) in [6.07, 6.45) is 15.3. The molecule has 3 rings (SSSR count). The van der Waals surface area contributed by atoms with Gasteiger partial charge in [-0.15, -0.1) is 0 Å². The van der Waals surface area contributed by atoms with Crippen LogP contribution in [0.1, 0.15) is 75.5 Å². The second kappa shape index (κ2) is 12.8. The number of hydrogen-bond donors (Lipinski definition) is 0. The molecule has 1 nitrogen and oxygen atoms in total. The van der Waals surface area contributed by atoms with Crippen LogP contribution in [0.25, 0.3) is 11.1 Å². The molecule has 0 amide bonds. The largest absolute Gasteiger partial charge is 0.377 e. The molecular formula is C29H39FO. The van der Waals surface area contributed by atoms with Crippen molar-refractivity contribution in [2.24, 2.45) is 11.8 Å². The molecule has 0 radical (unpaired) electrons. The quantitative estimate of drug-likeness (QED) is 0.330. The van der Waals surface area contributed by atoms with Crippen molar-refractivity contribution in [2.45, 2.75) is 70.8 Å². The van der Waals surface area contributed by atoms with E-state index in [0.717, 1.165) is 18.3 Å². The van der Waals surface area contributed by atoms with Crippen LogP contribution in [-0.4, -0.2) is 13.8 Å². The highest BCUT2D eigenvalue weighted by Crippen LogP contribution is 2.34. The molecule has 1 aliphatic carbocycles. The van der Waals surface area contributed by atoms with Gasteiger partial charge >= 0.3 is 0 Å². The smallest absolute Gasteiger partial charge is 0.0928 e. The number of benzene rings is 2. The number of rotatable bonds is 11. The molecule has 0 N–H and O–H groups in total. The molecule has 1 unspecified atom stereocenters. The van der Waals surface area contributed by atoms with E-state index in [1.807, 2.05) is 6.08 Å². The molecular weight excluding hydrogens is 383 g/mol. The summed E-state index contributed by atoms with van der Waals surface area (Å²) in [5.41, 5.74) is 5.21. The van der Waals surface area contributed by atoms with Crippen molar-refractivity contribution in [3.05, 3.63) is 71.8 Å². The fourth-order valence-electron chi connectivity index (χ4n) is 4.76. The molecule has 31 heavy (non-hydrogen) atoms. The highest BCUT2D eigenvalue weighted by Gasteiger charge is 2.20. The van der Waals surface area contributed by atoms with Gasteiger partial charge in [-0.05, 0) is 73.1 Å². The molecule has 0 bridgehead atoms. The minimum absolute atomic E-state index is 0.135. The maximum absolute atomic E-state index is 12.1. The Morgan fingerprint density at radius 1 is 0.839 bits per heavy atom. The zero-order chi connectivity index (χ0) is 21.9. The Morgan fingerprint density at radius 2 is 1.39 bits per heavy atom. The monoisotopic (exact) mass is 422 g/mol. The summed E-state index contributed by atoms with van der Waals surface area (Å²) >= 11 is 0. The summed E-state index contributed by atoms with van der Waals surface area (Å²) in [4.78, 5) is 0. The zero-order valence-corrected chi connectivity index (χ0v) is 19.4. The van der Waals surface area contributed by atoms with Crippen molar-refractivity contribution in [1.29, 1.82) is 0 Å². The minimum Gasteiger partial charge on any atom is -0.377 e. The van der Waals surface area contributed by atoms with Crippen LogP contribution in [0.2, 0.25) is 0 Å². The fraction of sp³-hybridized carbons (Fsp3) is 0.517. The minimum atomic E-state index is -0.231. The van der Waals surface area contributed by atoms with Gasteiger partial charge in [-0.1, -0.05) is 86.4 Å². The first-order valence-corrected chi connectivity index (χ1v) is 12.1. The molecule has 0 spiro atoms. The Kier molecular flexibility index (Phi) is 9.81. The van der Waals surface area contributed by atoms with Crippen LogP contribution in [0, 0.1) is 11.8 Å². The molecule has 2 aromatic rings. The standard InChI is InChI=1S/C29H39FO/c1-23(31-2)27-18-20-29(21-19-27)28-16-14-26(15-17-28)13-12-25-10-8-24(9-11-25)7-5-3-4-6-22-30/h3-4,14-21,23-25H,5-13,22H2,1-2H3/b4-3+/t23?,24-,25-.